The van der Waals surface area contributed by atoms with Crippen LogP contribution in [-0.4, -0.2) is 9.97 Å². The maximum Gasteiger partial charge on any atom is 0.128 e. The van der Waals surface area contributed by atoms with Crippen LogP contribution >= 0.6 is 11.3 Å². The number of fused-ring (bicyclic) bond motifs is 1. The van der Waals surface area contributed by atoms with Gasteiger partial charge in [-0.3, -0.25) is 0 Å². The fraction of sp³-hybridized carbons (Fsp3) is 0.250. The third-order valence-electron chi connectivity index (χ3n) is 3.52. The smallest absolute Gasteiger partial charge is 0.128 e. The van der Waals surface area contributed by atoms with Gasteiger partial charge in [0.05, 0.1) is 0 Å². The molecule has 2 heterocycles. The highest BCUT2D eigenvalue weighted by molar-refractivity contribution is 7.19. The van der Waals surface area contributed by atoms with Crippen molar-refractivity contribution < 1.29 is 0 Å². The molecule has 2 nitrogen and oxygen atoms in total. The Hall–Kier alpha value is -1.74. The second kappa shape index (κ2) is 4.14. The van der Waals surface area contributed by atoms with Crippen LogP contribution in [0.3, 0.4) is 0 Å². The lowest BCUT2D eigenvalue weighted by molar-refractivity contribution is 1.09. The van der Waals surface area contributed by atoms with Crippen LogP contribution in [0.1, 0.15) is 29.5 Å². The van der Waals surface area contributed by atoms with E-state index in [1.54, 1.807) is 0 Å². The summed E-state index contributed by atoms with van der Waals surface area (Å²) in [5.41, 5.74) is 2.57. The van der Waals surface area contributed by atoms with E-state index in [2.05, 4.69) is 46.5 Å². The second-order valence-electron chi connectivity index (χ2n) is 5.04. The molecular weight excluding hydrogens is 252 g/mol. The topological polar surface area (TPSA) is 25.8 Å². The molecule has 1 aliphatic rings. The number of hydrogen-bond donors (Lipinski definition) is 0. The molecule has 4 rings (SSSR count). The Morgan fingerprint density at radius 1 is 1.21 bits per heavy atom. The van der Waals surface area contributed by atoms with Gasteiger partial charge >= 0.3 is 0 Å². The normalized spacial score (nSPS) is 15.0. The predicted molar refractivity (Wildman–Crippen MR) is 78.4 cm³/mol. The van der Waals surface area contributed by atoms with Crippen molar-refractivity contribution in [1.29, 1.82) is 0 Å². The van der Waals surface area contributed by atoms with E-state index in [1.165, 1.54) is 28.8 Å². The van der Waals surface area contributed by atoms with Crippen LogP contribution in [-0.2, 0) is 0 Å². The highest BCUT2D eigenvalue weighted by Crippen LogP contribution is 2.50. The number of benzene rings is 1. The first-order valence-corrected chi connectivity index (χ1v) is 7.39. The molecule has 1 radical (unpaired) electrons. The maximum atomic E-state index is 4.57. The summed E-state index contributed by atoms with van der Waals surface area (Å²) in [5.74, 6) is 1.53. The molecule has 1 aromatic carbocycles. The third-order valence-corrected chi connectivity index (χ3v) is 4.77. The van der Waals surface area contributed by atoms with Gasteiger partial charge in [0.15, 0.2) is 0 Å². The van der Waals surface area contributed by atoms with Crippen LogP contribution in [0.2, 0.25) is 0 Å². The van der Waals surface area contributed by atoms with Gasteiger partial charge in [0.25, 0.3) is 0 Å². The summed E-state index contributed by atoms with van der Waals surface area (Å²) in [6.07, 6.45) is 5.80. The number of aromatic nitrogens is 2. The van der Waals surface area contributed by atoms with E-state index >= 15 is 0 Å². The highest BCUT2D eigenvalue weighted by atomic mass is 32.1. The van der Waals surface area contributed by atoms with E-state index in [0.717, 1.165) is 22.0 Å². The van der Waals surface area contributed by atoms with Crippen LogP contribution in [0, 0.1) is 13.1 Å². The third kappa shape index (κ3) is 1.85. The molecule has 1 fully saturated rings. The highest BCUT2D eigenvalue weighted by Gasteiger charge is 2.30. The summed E-state index contributed by atoms with van der Waals surface area (Å²) in [6, 6.07) is 10.6. The Labute approximate surface area is 116 Å². The maximum absolute atomic E-state index is 4.57. The lowest BCUT2D eigenvalue weighted by atomic mass is 10.0. The molecule has 0 spiro atoms. The lowest BCUT2D eigenvalue weighted by Gasteiger charge is -2.03. The van der Waals surface area contributed by atoms with Crippen molar-refractivity contribution in [3.63, 3.8) is 0 Å². The van der Waals surface area contributed by atoms with Crippen molar-refractivity contribution in [2.45, 2.75) is 25.7 Å². The first-order chi connectivity index (χ1) is 9.33. The first kappa shape index (κ1) is 11.1. The van der Waals surface area contributed by atoms with Crippen LogP contribution in [0.25, 0.3) is 21.3 Å². The number of hydrogen-bond acceptors (Lipinski definition) is 3. The average Bonchev–Trinajstić information content (AvgIpc) is 3.21. The van der Waals surface area contributed by atoms with E-state index in [0.29, 0.717) is 0 Å². The van der Waals surface area contributed by atoms with Gasteiger partial charge < -0.3 is 0 Å². The van der Waals surface area contributed by atoms with E-state index in [-0.39, 0.29) is 0 Å². The van der Waals surface area contributed by atoms with Gasteiger partial charge in [-0.15, -0.1) is 11.3 Å². The number of nitrogens with zero attached hydrogens (tertiary/aromatic N) is 2. The van der Waals surface area contributed by atoms with Crippen molar-refractivity contribution in [1.82, 2.24) is 9.97 Å². The lowest BCUT2D eigenvalue weighted by Crippen LogP contribution is -1.86. The molecule has 93 valence electrons. The molecule has 3 aromatic rings. The zero-order valence-electron chi connectivity index (χ0n) is 10.7. The van der Waals surface area contributed by atoms with Crippen LogP contribution < -0.4 is 0 Å². The molecule has 0 bridgehead atoms. The van der Waals surface area contributed by atoms with Crippen LogP contribution in [0.15, 0.2) is 30.3 Å². The SMILES string of the molecule is Cc1n[c]c2c(-c3ccccc3)c(C3CC3)sc2n1. The number of aryl methyl sites for hydroxylation is 1. The van der Waals surface area contributed by atoms with Crippen molar-refractivity contribution in [2.24, 2.45) is 0 Å². The van der Waals surface area contributed by atoms with Gasteiger partial charge in [-0.1, -0.05) is 30.3 Å². The fourth-order valence-corrected chi connectivity index (χ4v) is 3.81. The number of thiophene rings is 1. The van der Waals surface area contributed by atoms with Gasteiger partial charge in [0.1, 0.15) is 16.9 Å². The van der Waals surface area contributed by atoms with Crippen molar-refractivity contribution >= 4 is 21.6 Å². The molecule has 0 amide bonds. The van der Waals surface area contributed by atoms with E-state index < -0.39 is 0 Å². The molecule has 2 aromatic heterocycles. The first-order valence-electron chi connectivity index (χ1n) is 6.57. The molecule has 0 N–H and O–H groups in total. The molecule has 3 heteroatoms. The summed E-state index contributed by atoms with van der Waals surface area (Å²) >= 11 is 1.82. The molecule has 0 saturated heterocycles. The zero-order valence-corrected chi connectivity index (χ0v) is 11.5. The minimum Gasteiger partial charge on any atom is -0.231 e. The minimum atomic E-state index is 0.725. The molecule has 0 aliphatic heterocycles. The van der Waals surface area contributed by atoms with E-state index in [1.807, 2.05) is 18.3 Å². The predicted octanol–water partition coefficient (Wildman–Crippen LogP) is 4.34. The standard InChI is InChI=1S/C16H13N2S/c1-10-17-9-13-14(11-5-3-2-4-6-11)15(12-7-8-12)19-16(13)18-10/h2-6,12H,7-8H2,1H3. The molecular formula is C16H13N2S. The summed E-state index contributed by atoms with van der Waals surface area (Å²) < 4.78 is 0. The zero-order chi connectivity index (χ0) is 12.8. The summed E-state index contributed by atoms with van der Waals surface area (Å²) in [4.78, 5) is 11.4. The van der Waals surface area contributed by atoms with E-state index in [4.69, 9.17) is 0 Å². The molecule has 1 saturated carbocycles. The molecule has 0 unspecified atom stereocenters. The molecule has 19 heavy (non-hydrogen) atoms. The van der Waals surface area contributed by atoms with Crippen molar-refractivity contribution in [2.75, 3.05) is 0 Å². The van der Waals surface area contributed by atoms with Crippen molar-refractivity contribution in [3.8, 4) is 11.1 Å². The van der Waals surface area contributed by atoms with Gasteiger partial charge in [0.2, 0.25) is 0 Å². The van der Waals surface area contributed by atoms with Crippen LogP contribution in [0.5, 0.6) is 0 Å². The summed E-state index contributed by atoms with van der Waals surface area (Å²) in [5, 5.41) is 1.09. The molecule has 1 aliphatic carbocycles. The van der Waals surface area contributed by atoms with Gasteiger partial charge in [-0.2, -0.15) is 0 Å². The monoisotopic (exact) mass is 265 g/mol. The Bertz CT molecular complexity index is 742. The number of rotatable bonds is 2. The van der Waals surface area contributed by atoms with Gasteiger partial charge in [-0.05, 0) is 31.2 Å². The van der Waals surface area contributed by atoms with Gasteiger partial charge in [0, 0.05) is 15.8 Å². The Kier molecular flexibility index (Phi) is 2.42. The molecule has 0 atom stereocenters. The largest absolute Gasteiger partial charge is 0.231 e. The average molecular weight is 265 g/mol. The second-order valence-corrected chi connectivity index (χ2v) is 6.08. The van der Waals surface area contributed by atoms with Gasteiger partial charge in [-0.25, -0.2) is 9.97 Å². The summed E-state index contributed by atoms with van der Waals surface area (Å²) in [7, 11) is 0. The Balaban J connectivity index is 2.03. The fourth-order valence-electron chi connectivity index (χ4n) is 2.45. The van der Waals surface area contributed by atoms with Crippen LogP contribution in [0.4, 0.5) is 0 Å². The summed E-state index contributed by atoms with van der Waals surface area (Å²) in [6.45, 7) is 1.93. The minimum absolute atomic E-state index is 0.725. The Morgan fingerprint density at radius 2 is 2.00 bits per heavy atom. The van der Waals surface area contributed by atoms with E-state index in [9.17, 15) is 0 Å². The Morgan fingerprint density at radius 3 is 2.74 bits per heavy atom. The quantitative estimate of drug-likeness (QED) is 0.688. The van der Waals surface area contributed by atoms with Crippen molar-refractivity contribution in [3.05, 3.63) is 47.2 Å².